The first kappa shape index (κ1) is 12.5. The number of carbonyl (C=O) groups is 1. The van der Waals surface area contributed by atoms with Gasteiger partial charge in [-0.15, -0.1) is 0 Å². The average molecular weight is 218 g/mol. The summed E-state index contributed by atoms with van der Waals surface area (Å²) in [5, 5.41) is 0. The van der Waals surface area contributed by atoms with Crippen molar-refractivity contribution in [3.05, 3.63) is 47.5 Å². The molecule has 0 heterocycles. The van der Waals surface area contributed by atoms with Crippen LogP contribution in [0.15, 0.2) is 36.4 Å². The van der Waals surface area contributed by atoms with Gasteiger partial charge in [0.25, 0.3) is 0 Å². The molecule has 1 unspecified atom stereocenters. The van der Waals surface area contributed by atoms with Crippen LogP contribution in [0.2, 0.25) is 0 Å². The minimum atomic E-state index is -0.307. The minimum absolute atomic E-state index is 0.000231. The summed E-state index contributed by atoms with van der Waals surface area (Å²) >= 11 is 0. The maximum Gasteiger partial charge on any atom is 0.334 e. The Labute approximate surface area is 96.9 Å². The monoisotopic (exact) mass is 218 g/mol. The van der Waals surface area contributed by atoms with Gasteiger partial charge in [0.1, 0.15) is 0 Å². The second kappa shape index (κ2) is 5.50. The molecule has 0 bridgehead atoms. The smallest absolute Gasteiger partial charge is 0.334 e. The molecule has 0 spiro atoms. The fraction of sp³-hybridized carbons (Fsp3) is 0.357. The highest BCUT2D eigenvalue weighted by Crippen LogP contribution is 2.25. The summed E-state index contributed by atoms with van der Waals surface area (Å²) in [6, 6.07) is 8.00. The maximum absolute atomic E-state index is 11.5. The summed E-state index contributed by atoms with van der Waals surface area (Å²) < 4.78 is 4.95. The number of aryl methyl sites for hydroxylation is 1. The van der Waals surface area contributed by atoms with Gasteiger partial charge in [-0.05, 0) is 25.0 Å². The zero-order valence-corrected chi connectivity index (χ0v) is 10.1. The summed E-state index contributed by atoms with van der Waals surface area (Å²) in [6.07, 6.45) is 0. The van der Waals surface area contributed by atoms with Crippen LogP contribution < -0.4 is 0 Å². The van der Waals surface area contributed by atoms with Crippen molar-refractivity contribution < 1.29 is 9.53 Å². The Kier molecular flexibility index (Phi) is 4.29. The fourth-order valence-corrected chi connectivity index (χ4v) is 1.66. The number of esters is 1. The molecular formula is C14H18O2. The third-order valence-corrected chi connectivity index (χ3v) is 2.72. The van der Waals surface area contributed by atoms with Crippen LogP contribution >= 0.6 is 0 Å². The van der Waals surface area contributed by atoms with Crippen LogP contribution in [0.3, 0.4) is 0 Å². The second-order valence-electron chi connectivity index (χ2n) is 3.82. The van der Waals surface area contributed by atoms with E-state index in [0.717, 1.165) is 5.56 Å². The Hall–Kier alpha value is -1.57. The van der Waals surface area contributed by atoms with Gasteiger partial charge in [-0.1, -0.05) is 37.8 Å². The van der Waals surface area contributed by atoms with Crippen molar-refractivity contribution in [2.24, 2.45) is 0 Å². The lowest BCUT2D eigenvalue weighted by Crippen LogP contribution is -2.12. The first-order valence-corrected chi connectivity index (χ1v) is 5.49. The van der Waals surface area contributed by atoms with Crippen LogP contribution in [0, 0.1) is 6.92 Å². The number of rotatable bonds is 4. The molecule has 0 N–H and O–H groups in total. The highest BCUT2D eigenvalue weighted by Gasteiger charge is 2.18. The van der Waals surface area contributed by atoms with E-state index in [1.54, 1.807) is 6.92 Å². The van der Waals surface area contributed by atoms with Gasteiger partial charge in [-0.2, -0.15) is 0 Å². The standard InChI is InChI=1S/C14H18O2/c1-5-16-14(15)12(4)11(3)13-9-7-6-8-10(13)2/h6-9,11H,4-5H2,1-3H3. The van der Waals surface area contributed by atoms with E-state index in [2.05, 4.69) is 6.58 Å². The highest BCUT2D eigenvalue weighted by molar-refractivity contribution is 5.89. The Morgan fingerprint density at radius 1 is 1.44 bits per heavy atom. The predicted molar refractivity (Wildman–Crippen MR) is 65.4 cm³/mol. The molecule has 1 rings (SSSR count). The summed E-state index contributed by atoms with van der Waals surface area (Å²) in [4.78, 5) is 11.5. The second-order valence-corrected chi connectivity index (χ2v) is 3.82. The first-order valence-electron chi connectivity index (χ1n) is 5.49. The summed E-state index contributed by atoms with van der Waals surface area (Å²) in [5.41, 5.74) is 2.80. The summed E-state index contributed by atoms with van der Waals surface area (Å²) in [5.74, 6) is -0.307. The fourth-order valence-electron chi connectivity index (χ4n) is 1.66. The Balaban J connectivity index is 2.86. The molecule has 0 aliphatic rings. The molecule has 1 atom stereocenters. The molecule has 0 aromatic heterocycles. The maximum atomic E-state index is 11.5. The molecule has 2 nitrogen and oxygen atoms in total. The third kappa shape index (κ3) is 2.72. The van der Waals surface area contributed by atoms with E-state index >= 15 is 0 Å². The van der Waals surface area contributed by atoms with Crippen molar-refractivity contribution in [2.45, 2.75) is 26.7 Å². The SMILES string of the molecule is C=C(C(=O)OCC)C(C)c1ccccc1C. The predicted octanol–water partition coefficient (Wildman–Crippen LogP) is 3.22. The van der Waals surface area contributed by atoms with Crippen LogP contribution in [0.25, 0.3) is 0 Å². The Morgan fingerprint density at radius 3 is 2.62 bits per heavy atom. The van der Waals surface area contributed by atoms with E-state index in [-0.39, 0.29) is 11.9 Å². The van der Waals surface area contributed by atoms with E-state index < -0.39 is 0 Å². The molecule has 1 aromatic carbocycles. The van der Waals surface area contributed by atoms with Gasteiger partial charge in [0.05, 0.1) is 6.61 Å². The lowest BCUT2D eigenvalue weighted by atomic mass is 9.91. The molecule has 2 heteroatoms. The molecule has 0 radical (unpaired) electrons. The molecule has 0 fully saturated rings. The van der Waals surface area contributed by atoms with Gasteiger partial charge in [0, 0.05) is 11.5 Å². The van der Waals surface area contributed by atoms with Crippen molar-refractivity contribution in [1.29, 1.82) is 0 Å². The first-order chi connectivity index (χ1) is 7.57. The van der Waals surface area contributed by atoms with E-state index in [1.165, 1.54) is 5.56 Å². The molecule has 0 aliphatic carbocycles. The Morgan fingerprint density at radius 2 is 2.06 bits per heavy atom. The van der Waals surface area contributed by atoms with Crippen LogP contribution in [0.4, 0.5) is 0 Å². The van der Waals surface area contributed by atoms with Gasteiger partial charge in [0.2, 0.25) is 0 Å². The largest absolute Gasteiger partial charge is 0.463 e. The van der Waals surface area contributed by atoms with Crippen LogP contribution in [0.5, 0.6) is 0 Å². The van der Waals surface area contributed by atoms with Gasteiger partial charge in [-0.3, -0.25) is 0 Å². The summed E-state index contributed by atoms with van der Waals surface area (Å²) in [6.45, 7) is 10.0. The van der Waals surface area contributed by atoms with Crippen LogP contribution in [0.1, 0.15) is 30.9 Å². The number of ether oxygens (including phenoxy) is 1. The molecule has 0 saturated heterocycles. The Bertz CT molecular complexity index is 393. The normalized spacial score (nSPS) is 11.9. The van der Waals surface area contributed by atoms with Gasteiger partial charge < -0.3 is 4.74 Å². The molecule has 0 aliphatic heterocycles. The van der Waals surface area contributed by atoms with Crippen molar-refractivity contribution in [3.63, 3.8) is 0 Å². The van der Waals surface area contributed by atoms with Crippen molar-refractivity contribution in [2.75, 3.05) is 6.61 Å². The van der Waals surface area contributed by atoms with E-state index in [9.17, 15) is 4.79 Å². The zero-order valence-electron chi connectivity index (χ0n) is 10.1. The van der Waals surface area contributed by atoms with E-state index in [0.29, 0.717) is 12.2 Å². The van der Waals surface area contributed by atoms with Crippen molar-refractivity contribution >= 4 is 5.97 Å². The topological polar surface area (TPSA) is 26.3 Å². The quantitative estimate of drug-likeness (QED) is 0.573. The number of carbonyl (C=O) groups excluding carboxylic acids is 1. The minimum Gasteiger partial charge on any atom is -0.463 e. The lowest BCUT2D eigenvalue weighted by molar-refractivity contribution is -0.138. The molecule has 86 valence electrons. The van der Waals surface area contributed by atoms with E-state index in [1.807, 2.05) is 38.1 Å². The highest BCUT2D eigenvalue weighted by atomic mass is 16.5. The van der Waals surface area contributed by atoms with Crippen molar-refractivity contribution in [1.82, 2.24) is 0 Å². The summed E-state index contributed by atoms with van der Waals surface area (Å²) in [7, 11) is 0. The van der Waals surface area contributed by atoms with Crippen molar-refractivity contribution in [3.8, 4) is 0 Å². The van der Waals surface area contributed by atoms with E-state index in [4.69, 9.17) is 4.74 Å². The molecule has 0 saturated carbocycles. The average Bonchev–Trinajstić information content (AvgIpc) is 2.28. The van der Waals surface area contributed by atoms with Gasteiger partial charge in [0.15, 0.2) is 0 Å². The molecule has 1 aromatic rings. The van der Waals surface area contributed by atoms with Crippen LogP contribution in [-0.4, -0.2) is 12.6 Å². The molecular weight excluding hydrogens is 200 g/mol. The molecule has 0 amide bonds. The number of benzene rings is 1. The lowest BCUT2D eigenvalue weighted by Gasteiger charge is -2.16. The number of hydrogen-bond acceptors (Lipinski definition) is 2. The zero-order chi connectivity index (χ0) is 12.1. The molecule has 16 heavy (non-hydrogen) atoms. The number of hydrogen-bond donors (Lipinski definition) is 0. The van der Waals surface area contributed by atoms with Crippen LogP contribution in [-0.2, 0) is 9.53 Å². The van der Waals surface area contributed by atoms with Gasteiger partial charge >= 0.3 is 5.97 Å². The third-order valence-electron chi connectivity index (χ3n) is 2.72. The van der Waals surface area contributed by atoms with Gasteiger partial charge in [-0.25, -0.2) is 4.79 Å².